The molecule has 0 aliphatic carbocycles. The van der Waals surface area contributed by atoms with Gasteiger partial charge in [-0.1, -0.05) is 49.4 Å². The number of hydrogen-bond acceptors (Lipinski definition) is 3. The largest absolute Gasteiger partial charge is 0.483 e. The Morgan fingerprint density at radius 2 is 1.82 bits per heavy atom. The molecule has 114 valence electrons. The summed E-state index contributed by atoms with van der Waals surface area (Å²) in [6.07, 6.45) is 0.713. The quantitative estimate of drug-likeness (QED) is 0.800. The van der Waals surface area contributed by atoms with Gasteiger partial charge in [0.25, 0.3) is 5.91 Å². The lowest BCUT2D eigenvalue weighted by Gasteiger charge is -2.13. The van der Waals surface area contributed by atoms with Gasteiger partial charge in [-0.3, -0.25) is 9.59 Å². The summed E-state index contributed by atoms with van der Waals surface area (Å²) in [7, 11) is 0. The van der Waals surface area contributed by atoms with Gasteiger partial charge in [0, 0.05) is 6.54 Å². The first-order valence-corrected chi connectivity index (χ1v) is 7.19. The van der Waals surface area contributed by atoms with Crippen LogP contribution in [0.25, 0.3) is 0 Å². The topological polar surface area (TPSA) is 55.4 Å². The van der Waals surface area contributed by atoms with E-state index in [2.05, 4.69) is 12.2 Å². The first-order valence-electron chi connectivity index (χ1n) is 7.19. The van der Waals surface area contributed by atoms with Crippen molar-refractivity contribution in [1.29, 1.82) is 0 Å². The van der Waals surface area contributed by atoms with Crippen LogP contribution in [0.1, 0.15) is 28.8 Å². The van der Waals surface area contributed by atoms with Gasteiger partial charge in [0.1, 0.15) is 5.75 Å². The van der Waals surface area contributed by atoms with Crippen LogP contribution in [0.3, 0.4) is 0 Å². The van der Waals surface area contributed by atoms with Gasteiger partial charge in [-0.05, 0) is 23.6 Å². The van der Waals surface area contributed by atoms with Crippen molar-refractivity contribution in [3.05, 3.63) is 65.7 Å². The maximum Gasteiger partial charge on any atom is 0.257 e. The first-order chi connectivity index (χ1) is 10.7. The van der Waals surface area contributed by atoms with Gasteiger partial charge in [0.2, 0.25) is 0 Å². The highest BCUT2D eigenvalue weighted by Gasteiger charge is 2.09. The molecule has 1 amide bonds. The number of para-hydroxylation sites is 1. The average Bonchev–Trinajstić information content (AvgIpc) is 2.58. The lowest BCUT2D eigenvalue weighted by atomic mass is 10.0. The maximum atomic E-state index is 11.8. The minimum atomic E-state index is -0.205. The van der Waals surface area contributed by atoms with Crippen molar-refractivity contribution >= 4 is 12.2 Å². The predicted octanol–water partition coefficient (Wildman–Crippen LogP) is 2.80. The second-order valence-electron chi connectivity index (χ2n) is 5.06. The van der Waals surface area contributed by atoms with E-state index in [1.807, 2.05) is 30.3 Å². The van der Waals surface area contributed by atoms with Gasteiger partial charge in [-0.15, -0.1) is 0 Å². The molecule has 1 unspecified atom stereocenters. The molecule has 0 aliphatic rings. The summed E-state index contributed by atoms with van der Waals surface area (Å²) < 4.78 is 5.38. The molecule has 0 bridgehead atoms. The van der Waals surface area contributed by atoms with Crippen LogP contribution in [-0.2, 0) is 4.79 Å². The Balaban J connectivity index is 1.80. The third kappa shape index (κ3) is 4.45. The molecule has 0 saturated heterocycles. The molecule has 0 aliphatic heterocycles. The van der Waals surface area contributed by atoms with E-state index in [-0.39, 0.29) is 18.4 Å². The maximum absolute atomic E-state index is 11.8. The van der Waals surface area contributed by atoms with Crippen LogP contribution in [-0.4, -0.2) is 25.3 Å². The highest BCUT2D eigenvalue weighted by atomic mass is 16.5. The molecule has 22 heavy (non-hydrogen) atoms. The Morgan fingerprint density at radius 1 is 1.14 bits per heavy atom. The lowest BCUT2D eigenvalue weighted by molar-refractivity contribution is -0.123. The number of hydrogen-bond donors (Lipinski definition) is 1. The molecular formula is C18H19NO3. The van der Waals surface area contributed by atoms with Crippen LogP contribution in [0.5, 0.6) is 5.75 Å². The van der Waals surface area contributed by atoms with Crippen molar-refractivity contribution in [2.24, 2.45) is 0 Å². The number of carbonyl (C=O) groups excluding carboxylic acids is 2. The Labute approximate surface area is 130 Å². The Kier molecular flexibility index (Phi) is 5.72. The van der Waals surface area contributed by atoms with Gasteiger partial charge < -0.3 is 10.1 Å². The summed E-state index contributed by atoms with van der Waals surface area (Å²) in [5.41, 5.74) is 1.61. The van der Waals surface area contributed by atoms with Crippen LogP contribution in [0.4, 0.5) is 0 Å². The molecular weight excluding hydrogens is 278 g/mol. The van der Waals surface area contributed by atoms with Crippen LogP contribution >= 0.6 is 0 Å². The SMILES string of the molecule is CC(CNC(=O)COc1ccccc1C=O)c1ccccc1. The minimum Gasteiger partial charge on any atom is -0.483 e. The molecule has 2 rings (SSSR count). The molecule has 0 aromatic heterocycles. The van der Waals surface area contributed by atoms with Crippen LogP contribution in [0.15, 0.2) is 54.6 Å². The Bertz CT molecular complexity index is 625. The molecule has 4 heteroatoms. The van der Waals surface area contributed by atoms with E-state index in [0.717, 1.165) is 0 Å². The number of aldehydes is 1. The van der Waals surface area contributed by atoms with E-state index in [9.17, 15) is 9.59 Å². The molecule has 2 aromatic rings. The van der Waals surface area contributed by atoms with E-state index in [1.54, 1.807) is 24.3 Å². The summed E-state index contributed by atoms with van der Waals surface area (Å²) in [4.78, 5) is 22.7. The summed E-state index contributed by atoms with van der Waals surface area (Å²) in [5, 5.41) is 2.84. The number of ether oxygens (including phenoxy) is 1. The van der Waals surface area contributed by atoms with Crippen molar-refractivity contribution < 1.29 is 14.3 Å². The predicted molar refractivity (Wildman–Crippen MR) is 85.2 cm³/mol. The zero-order valence-electron chi connectivity index (χ0n) is 12.5. The van der Waals surface area contributed by atoms with Gasteiger partial charge in [0.15, 0.2) is 12.9 Å². The van der Waals surface area contributed by atoms with Gasteiger partial charge in [0.05, 0.1) is 5.56 Å². The number of amides is 1. The second kappa shape index (κ2) is 7.98. The lowest BCUT2D eigenvalue weighted by Crippen LogP contribution is -2.32. The third-order valence-corrected chi connectivity index (χ3v) is 3.38. The number of rotatable bonds is 7. The highest BCUT2D eigenvalue weighted by Crippen LogP contribution is 2.15. The molecule has 1 N–H and O–H groups in total. The Hall–Kier alpha value is -2.62. The Morgan fingerprint density at radius 3 is 2.55 bits per heavy atom. The molecule has 0 radical (unpaired) electrons. The third-order valence-electron chi connectivity index (χ3n) is 3.38. The van der Waals surface area contributed by atoms with Crippen molar-refractivity contribution in [2.75, 3.05) is 13.2 Å². The fraction of sp³-hybridized carbons (Fsp3) is 0.222. The van der Waals surface area contributed by atoms with Crippen LogP contribution < -0.4 is 10.1 Å². The van der Waals surface area contributed by atoms with Gasteiger partial charge >= 0.3 is 0 Å². The number of carbonyl (C=O) groups is 2. The zero-order chi connectivity index (χ0) is 15.8. The fourth-order valence-electron chi connectivity index (χ4n) is 2.07. The highest BCUT2D eigenvalue weighted by molar-refractivity contribution is 5.80. The molecule has 2 aromatic carbocycles. The van der Waals surface area contributed by atoms with Crippen LogP contribution in [0.2, 0.25) is 0 Å². The molecule has 0 saturated carbocycles. The van der Waals surface area contributed by atoms with E-state index in [0.29, 0.717) is 24.1 Å². The minimum absolute atomic E-state index is 0.105. The van der Waals surface area contributed by atoms with Gasteiger partial charge in [-0.2, -0.15) is 0 Å². The van der Waals surface area contributed by atoms with Gasteiger partial charge in [-0.25, -0.2) is 0 Å². The summed E-state index contributed by atoms with van der Waals surface area (Å²) in [5.74, 6) is 0.444. The zero-order valence-corrected chi connectivity index (χ0v) is 12.5. The average molecular weight is 297 g/mol. The summed E-state index contributed by atoms with van der Waals surface area (Å²) >= 11 is 0. The fourth-order valence-corrected chi connectivity index (χ4v) is 2.07. The van der Waals surface area contributed by atoms with E-state index >= 15 is 0 Å². The normalized spacial score (nSPS) is 11.5. The van der Waals surface area contributed by atoms with Crippen molar-refractivity contribution in [2.45, 2.75) is 12.8 Å². The monoisotopic (exact) mass is 297 g/mol. The molecule has 4 nitrogen and oxygen atoms in total. The first kappa shape index (κ1) is 15.8. The molecule has 0 spiro atoms. The number of nitrogens with one attached hydrogen (secondary N) is 1. The van der Waals surface area contributed by atoms with Crippen LogP contribution in [0, 0.1) is 0 Å². The van der Waals surface area contributed by atoms with E-state index in [4.69, 9.17) is 4.74 Å². The van der Waals surface area contributed by atoms with Crippen molar-refractivity contribution in [1.82, 2.24) is 5.32 Å². The molecule has 1 atom stereocenters. The van der Waals surface area contributed by atoms with Crippen molar-refractivity contribution in [3.63, 3.8) is 0 Å². The van der Waals surface area contributed by atoms with E-state index in [1.165, 1.54) is 5.56 Å². The molecule has 0 fully saturated rings. The summed E-state index contributed by atoms with van der Waals surface area (Å²) in [6, 6.07) is 16.8. The van der Waals surface area contributed by atoms with Crippen molar-refractivity contribution in [3.8, 4) is 5.75 Å². The standard InChI is InChI=1S/C18H19NO3/c1-14(15-7-3-2-4-8-15)11-19-18(21)13-22-17-10-6-5-9-16(17)12-20/h2-10,12,14H,11,13H2,1H3,(H,19,21). The molecule has 0 heterocycles. The summed E-state index contributed by atoms with van der Waals surface area (Å²) in [6.45, 7) is 2.49. The van der Waals surface area contributed by atoms with E-state index < -0.39 is 0 Å². The second-order valence-corrected chi connectivity index (χ2v) is 5.06. The number of benzene rings is 2. The smallest absolute Gasteiger partial charge is 0.257 e.